The van der Waals surface area contributed by atoms with Crippen LogP contribution in [0.1, 0.15) is 24.2 Å². The maximum atomic E-state index is 10.8. The monoisotopic (exact) mass is 297 g/mol. The molecule has 1 saturated heterocycles. The Balaban J connectivity index is 2.26. The number of halogens is 1. The number of anilines is 1. The number of benzene rings is 1. The van der Waals surface area contributed by atoms with Crippen LogP contribution in [-0.4, -0.2) is 31.6 Å². The normalized spacial score (nSPS) is 24.8. The minimum atomic E-state index is 0.246. The second-order valence-electron chi connectivity index (χ2n) is 4.47. The first kappa shape index (κ1) is 12.6. The lowest BCUT2D eigenvalue weighted by atomic mass is 10.1. The highest BCUT2D eigenvalue weighted by Gasteiger charge is 2.23. The number of nitrogens with zero attached hydrogens (tertiary/aromatic N) is 1. The van der Waals surface area contributed by atoms with Crippen LogP contribution in [-0.2, 0) is 4.74 Å². The molecule has 1 aromatic rings. The van der Waals surface area contributed by atoms with Crippen LogP contribution >= 0.6 is 15.9 Å². The van der Waals surface area contributed by atoms with Gasteiger partial charge in [-0.05, 0) is 48.0 Å². The van der Waals surface area contributed by atoms with Crippen LogP contribution in [0.15, 0.2) is 22.7 Å². The Labute approximate surface area is 110 Å². The number of carbonyl (C=O) groups excluding carboxylic acids is 1. The Hall–Kier alpha value is -0.870. The molecule has 2 unspecified atom stereocenters. The van der Waals surface area contributed by atoms with Gasteiger partial charge >= 0.3 is 0 Å². The van der Waals surface area contributed by atoms with Crippen LogP contribution in [0.4, 0.5) is 5.69 Å². The first-order valence-electron chi connectivity index (χ1n) is 5.75. The molecular formula is C13H16BrNO2. The number of aldehydes is 1. The van der Waals surface area contributed by atoms with E-state index in [-0.39, 0.29) is 6.10 Å². The molecule has 1 aliphatic heterocycles. The van der Waals surface area contributed by atoms with Gasteiger partial charge in [-0.3, -0.25) is 4.79 Å². The van der Waals surface area contributed by atoms with Crippen molar-refractivity contribution in [3.8, 4) is 0 Å². The maximum absolute atomic E-state index is 10.8. The Kier molecular flexibility index (Phi) is 3.84. The highest BCUT2D eigenvalue weighted by atomic mass is 79.9. The number of ether oxygens (including phenoxy) is 1. The number of hydrogen-bond donors (Lipinski definition) is 0. The maximum Gasteiger partial charge on any atom is 0.151 e. The molecule has 0 aliphatic carbocycles. The lowest BCUT2D eigenvalue weighted by Crippen LogP contribution is -2.47. The van der Waals surface area contributed by atoms with E-state index in [1.807, 2.05) is 18.2 Å². The number of hydrogen-bond acceptors (Lipinski definition) is 3. The molecule has 92 valence electrons. The molecule has 0 amide bonds. The molecule has 1 aliphatic rings. The average molecular weight is 298 g/mol. The van der Waals surface area contributed by atoms with Crippen LogP contribution in [0, 0.1) is 0 Å². The van der Waals surface area contributed by atoms with E-state index in [2.05, 4.69) is 34.7 Å². The molecule has 0 aromatic heterocycles. The molecule has 0 N–H and O–H groups in total. The third kappa shape index (κ3) is 2.69. The molecule has 0 bridgehead atoms. The van der Waals surface area contributed by atoms with Gasteiger partial charge in [-0.1, -0.05) is 0 Å². The fourth-order valence-electron chi connectivity index (χ4n) is 2.05. The Morgan fingerprint density at radius 3 is 2.88 bits per heavy atom. The first-order valence-corrected chi connectivity index (χ1v) is 6.54. The van der Waals surface area contributed by atoms with Crippen molar-refractivity contribution in [2.45, 2.75) is 26.0 Å². The lowest BCUT2D eigenvalue weighted by Gasteiger charge is -2.38. The number of carbonyl (C=O) groups is 1. The average Bonchev–Trinajstić information content (AvgIpc) is 2.32. The van der Waals surface area contributed by atoms with E-state index >= 15 is 0 Å². The third-order valence-electron chi connectivity index (χ3n) is 3.05. The summed E-state index contributed by atoms with van der Waals surface area (Å²) in [5.74, 6) is 0. The molecular weight excluding hydrogens is 282 g/mol. The van der Waals surface area contributed by atoms with Gasteiger partial charge in [0.2, 0.25) is 0 Å². The second kappa shape index (κ2) is 5.19. The minimum Gasteiger partial charge on any atom is -0.375 e. The molecule has 1 fully saturated rings. The summed E-state index contributed by atoms with van der Waals surface area (Å²) < 4.78 is 6.45. The smallest absolute Gasteiger partial charge is 0.151 e. The van der Waals surface area contributed by atoms with Crippen LogP contribution < -0.4 is 4.90 Å². The van der Waals surface area contributed by atoms with Gasteiger partial charge in [0, 0.05) is 28.3 Å². The summed E-state index contributed by atoms with van der Waals surface area (Å²) in [6, 6.07) is 6.20. The van der Waals surface area contributed by atoms with Crippen molar-refractivity contribution in [2.75, 3.05) is 18.1 Å². The fraction of sp³-hybridized carbons (Fsp3) is 0.462. The van der Waals surface area contributed by atoms with Gasteiger partial charge in [0.25, 0.3) is 0 Å². The molecule has 0 spiro atoms. The molecule has 0 radical (unpaired) electrons. The summed E-state index contributed by atoms with van der Waals surface area (Å²) in [6.07, 6.45) is 1.11. The van der Waals surface area contributed by atoms with E-state index in [0.29, 0.717) is 11.6 Å². The van der Waals surface area contributed by atoms with Crippen molar-refractivity contribution in [3.63, 3.8) is 0 Å². The van der Waals surface area contributed by atoms with Gasteiger partial charge in [-0.25, -0.2) is 0 Å². The van der Waals surface area contributed by atoms with Gasteiger partial charge in [0.05, 0.1) is 12.7 Å². The third-order valence-corrected chi connectivity index (χ3v) is 3.74. The van der Waals surface area contributed by atoms with E-state index in [9.17, 15) is 4.79 Å². The Bertz CT molecular complexity index is 422. The molecule has 4 heteroatoms. The zero-order valence-electron chi connectivity index (χ0n) is 10.0. The van der Waals surface area contributed by atoms with Crippen molar-refractivity contribution in [2.24, 2.45) is 0 Å². The Morgan fingerprint density at radius 2 is 2.24 bits per heavy atom. The van der Waals surface area contributed by atoms with Gasteiger partial charge in [0.15, 0.2) is 6.29 Å². The van der Waals surface area contributed by atoms with Crippen molar-refractivity contribution >= 4 is 27.9 Å². The van der Waals surface area contributed by atoms with Gasteiger partial charge in [-0.2, -0.15) is 0 Å². The summed E-state index contributed by atoms with van der Waals surface area (Å²) >= 11 is 3.42. The highest BCUT2D eigenvalue weighted by molar-refractivity contribution is 9.10. The lowest BCUT2D eigenvalue weighted by molar-refractivity contribution is 0.0344. The standard InChI is InChI=1S/C13H16BrNO2/c1-9-8-17-10(2)6-15(9)12-4-3-11(7-16)13(14)5-12/h3-5,7,9-10H,6,8H2,1-2H3. The fourth-order valence-corrected chi connectivity index (χ4v) is 2.51. The molecule has 2 atom stereocenters. The summed E-state index contributed by atoms with van der Waals surface area (Å²) in [6.45, 7) is 5.85. The van der Waals surface area contributed by atoms with Crippen molar-refractivity contribution in [1.29, 1.82) is 0 Å². The zero-order chi connectivity index (χ0) is 12.4. The SMILES string of the molecule is CC1CN(c2ccc(C=O)c(Br)c2)C(C)CO1. The summed E-state index contributed by atoms with van der Waals surface area (Å²) in [7, 11) is 0. The molecule has 2 rings (SSSR count). The van der Waals surface area contributed by atoms with Gasteiger partial charge in [0.1, 0.15) is 0 Å². The van der Waals surface area contributed by atoms with E-state index in [1.54, 1.807) is 0 Å². The van der Waals surface area contributed by atoms with Crippen LogP contribution in [0.25, 0.3) is 0 Å². The Morgan fingerprint density at radius 1 is 1.47 bits per heavy atom. The van der Waals surface area contributed by atoms with Gasteiger partial charge < -0.3 is 9.64 Å². The van der Waals surface area contributed by atoms with E-state index in [1.165, 1.54) is 0 Å². The highest BCUT2D eigenvalue weighted by Crippen LogP contribution is 2.26. The number of morpholine rings is 1. The number of rotatable bonds is 2. The summed E-state index contributed by atoms with van der Waals surface area (Å²) in [5, 5.41) is 0. The molecule has 1 aromatic carbocycles. The molecule has 0 saturated carbocycles. The van der Waals surface area contributed by atoms with Crippen molar-refractivity contribution < 1.29 is 9.53 Å². The van der Waals surface area contributed by atoms with E-state index < -0.39 is 0 Å². The largest absolute Gasteiger partial charge is 0.375 e. The molecule has 17 heavy (non-hydrogen) atoms. The quantitative estimate of drug-likeness (QED) is 0.786. The second-order valence-corrected chi connectivity index (χ2v) is 5.32. The molecule has 1 heterocycles. The summed E-state index contributed by atoms with van der Waals surface area (Å²) in [5.41, 5.74) is 1.81. The van der Waals surface area contributed by atoms with E-state index in [0.717, 1.165) is 29.6 Å². The van der Waals surface area contributed by atoms with Crippen LogP contribution in [0.2, 0.25) is 0 Å². The zero-order valence-corrected chi connectivity index (χ0v) is 11.6. The predicted molar refractivity (Wildman–Crippen MR) is 71.8 cm³/mol. The minimum absolute atomic E-state index is 0.246. The topological polar surface area (TPSA) is 29.5 Å². The summed E-state index contributed by atoms with van der Waals surface area (Å²) in [4.78, 5) is 13.1. The first-order chi connectivity index (χ1) is 8.11. The van der Waals surface area contributed by atoms with Crippen LogP contribution in [0.5, 0.6) is 0 Å². The van der Waals surface area contributed by atoms with Crippen LogP contribution in [0.3, 0.4) is 0 Å². The van der Waals surface area contributed by atoms with Crippen molar-refractivity contribution in [1.82, 2.24) is 0 Å². The predicted octanol–water partition coefficient (Wildman–Crippen LogP) is 2.88. The van der Waals surface area contributed by atoms with Gasteiger partial charge in [-0.15, -0.1) is 0 Å². The molecule has 3 nitrogen and oxygen atoms in total. The van der Waals surface area contributed by atoms with Crippen molar-refractivity contribution in [3.05, 3.63) is 28.2 Å². The van der Waals surface area contributed by atoms with E-state index in [4.69, 9.17) is 4.74 Å².